The Hall–Kier alpha value is -6.33. The number of para-hydroxylation sites is 3. The van der Waals surface area contributed by atoms with Crippen molar-refractivity contribution in [3.63, 3.8) is 0 Å². The largest absolute Gasteiger partial charge is 0.455 e. The minimum absolute atomic E-state index is 0.537. The maximum absolute atomic E-state index is 6.59. The summed E-state index contributed by atoms with van der Waals surface area (Å²) in [6.45, 7) is 0. The van der Waals surface area contributed by atoms with Gasteiger partial charge in [-0.25, -0.2) is 15.0 Å². The first kappa shape index (κ1) is 25.0. The molecule has 7 aromatic carbocycles. The molecule has 10 rings (SSSR count). The molecule has 0 radical (unpaired) electrons. The third kappa shape index (κ3) is 3.79. The summed E-state index contributed by atoms with van der Waals surface area (Å²) in [4.78, 5) is 15.3. The monoisotopic (exact) mass is 589 g/mol. The first-order chi connectivity index (χ1) is 22.8. The molecule has 0 N–H and O–H groups in total. The molecule has 0 aliphatic heterocycles. The van der Waals surface area contributed by atoms with Gasteiger partial charge < -0.3 is 8.83 Å². The van der Waals surface area contributed by atoms with Crippen LogP contribution in [0.1, 0.15) is 0 Å². The average Bonchev–Trinajstić information content (AvgIpc) is 3.68. The zero-order valence-corrected chi connectivity index (χ0v) is 24.4. The van der Waals surface area contributed by atoms with Gasteiger partial charge in [0.05, 0.1) is 11.1 Å². The summed E-state index contributed by atoms with van der Waals surface area (Å²) in [5, 5.41) is 8.75. The molecule has 3 heterocycles. The highest BCUT2D eigenvalue weighted by Crippen LogP contribution is 2.39. The molecule has 46 heavy (non-hydrogen) atoms. The number of rotatable bonds is 3. The van der Waals surface area contributed by atoms with Crippen LogP contribution in [0.15, 0.2) is 148 Å². The van der Waals surface area contributed by atoms with Gasteiger partial charge in [-0.05, 0) is 57.9 Å². The summed E-state index contributed by atoms with van der Waals surface area (Å²) < 4.78 is 13.0. The number of hydrogen-bond acceptors (Lipinski definition) is 5. The van der Waals surface area contributed by atoms with Crippen LogP contribution in [0, 0.1) is 0 Å². The van der Waals surface area contributed by atoms with E-state index in [2.05, 4.69) is 78.9 Å². The van der Waals surface area contributed by atoms with Crippen LogP contribution in [0.2, 0.25) is 0 Å². The highest BCUT2D eigenvalue weighted by atomic mass is 16.3. The second kappa shape index (κ2) is 9.58. The molecule has 0 amide bonds. The van der Waals surface area contributed by atoms with E-state index in [1.165, 1.54) is 5.39 Å². The molecule has 0 bridgehead atoms. The molecule has 5 nitrogen and oxygen atoms in total. The Morgan fingerprint density at radius 2 is 0.891 bits per heavy atom. The Morgan fingerprint density at radius 3 is 1.63 bits per heavy atom. The summed E-state index contributed by atoms with van der Waals surface area (Å²) in [5.74, 6) is 1.66. The standard InChI is InChI=1S/C41H23N3O2/c1-2-10-25-21-28(20-19-24(25)9-1)39-42-40(32-16-7-14-30-29-13-5-6-18-35(29)45-37(30)32)44-41(43-39)33-17-8-15-31-34-22-26-11-3-4-12-27(26)23-36(34)46-38(31)33/h1-23H. The van der Waals surface area contributed by atoms with Crippen LogP contribution in [-0.2, 0) is 0 Å². The lowest BCUT2D eigenvalue weighted by Gasteiger charge is -2.10. The summed E-state index contributed by atoms with van der Waals surface area (Å²) in [7, 11) is 0. The smallest absolute Gasteiger partial charge is 0.167 e. The predicted molar refractivity (Wildman–Crippen MR) is 186 cm³/mol. The van der Waals surface area contributed by atoms with E-state index in [4.69, 9.17) is 23.8 Å². The molecule has 0 unspecified atom stereocenters. The molecule has 0 aliphatic carbocycles. The first-order valence-electron chi connectivity index (χ1n) is 15.3. The molecule has 0 saturated carbocycles. The van der Waals surface area contributed by atoms with Crippen molar-refractivity contribution in [2.24, 2.45) is 0 Å². The third-order valence-corrected chi connectivity index (χ3v) is 8.89. The molecule has 0 saturated heterocycles. The fraction of sp³-hybridized carbons (Fsp3) is 0. The van der Waals surface area contributed by atoms with Crippen molar-refractivity contribution < 1.29 is 8.83 Å². The number of nitrogens with zero attached hydrogens (tertiary/aromatic N) is 3. The highest BCUT2D eigenvalue weighted by Gasteiger charge is 2.20. The van der Waals surface area contributed by atoms with Crippen molar-refractivity contribution in [1.82, 2.24) is 15.0 Å². The van der Waals surface area contributed by atoms with Gasteiger partial charge in [0.1, 0.15) is 22.3 Å². The van der Waals surface area contributed by atoms with Crippen molar-refractivity contribution in [3.05, 3.63) is 140 Å². The highest BCUT2D eigenvalue weighted by molar-refractivity contribution is 6.13. The van der Waals surface area contributed by atoms with Gasteiger partial charge in [-0.15, -0.1) is 0 Å². The molecule has 0 aliphatic rings. The number of aromatic nitrogens is 3. The zero-order valence-electron chi connectivity index (χ0n) is 24.4. The molecular weight excluding hydrogens is 566 g/mol. The molecule has 214 valence electrons. The van der Waals surface area contributed by atoms with Gasteiger partial charge in [-0.3, -0.25) is 0 Å². The van der Waals surface area contributed by atoms with Crippen LogP contribution < -0.4 is 0 Å². The molecule has 10 aromatic rings. The summed E-state index contributed by atoms with van der Waals surface area (Å²) in [6, 6.07) is 47.6. The van der Waals surface area contributed by atoms with Crippen LogP contribution in [-0.4, -0.2) is 15.0 Å². The van der Waals surface area contributed by atoms with Gasteiger partial charge in [-0.1, -0.05) is 103 Å². The van der Waals surface area contributed by atoms with Crippen LogP contribution >= 0.6 is 0 Å². The van der Waals surface area contributed by atoms with Crippen molar-refractivity contribution in [1.29, 1.82) is 0 Å². The molecular formula is C41H23N3O2. The van der Waals surface area contributed by atoms with Crippen LogP contribution in [0.25, 0.3) is 99.6 Å². The van der Waals surface area contributed by atoms with E-state index in [1.54, 1.807) is 0 Å². The second-order valence-electron chi connectivity index (χ2n) is 11.6. The molecule has 3 aromatic heterocycles. The van der Waals surface area contributed by atoms with Crippen LogP contribution in [0.3, 0.4) is 0 Å². The average molecular weight is 590 g/mol. The third-order valence-electron chi connectivity index (χ3n) is 8.89. The quantitative estimate of drug-likeness (QED) is 0.205. The van der Waals surface area contributed by atoms with Crippen molar-refractivity contribution in [2.45, 2.75) is 0 Å². The van der Waals surface area contributed by atoms with Gasteiger partial charge >= 0.3 is 0 Å². The minimum Gasteiger partial charge on any atom is -0.455 e. The lowest BCUT2D eigenvalue weighted by Crippen LogP contribution is -2.00. The van der Waals surface area contributed by atoms with E-state index in [1.807, 2.05) is 60.7 Å². The number of furan rings is 2. The molecule has 5 heteroatoms. The maximum Gasteiger partial charge on any atom is 0.167 e. The summed E-state index contributed by atoms with van der Waals surface area (Å²) in [5.41, 5.74) is 5.67. The fourth-order valence-electron chi connectivity index (χ4n) is 6.66. The normalized spacial score (nSPS) is 11.9. The van der Waals surface area contributed by atoms with E-state index in [-0.39, 0.29) is 0 Å². The van der Waals surface area contributed by atoms with Gasteiger partial charge in [0, 0.05) is 27.1 Å². The molecule has 0 spiro atoms. The lowest BCUT2D eigenvalue weighted by molar-refractivity contribution is 0.669. The van der Waals surface area contributed by atoms with E-state index < -0.39 is 0 Å². The zero-order chi connectivity index (χ0) is 30.2. The van der Waals surface area contributed by atoms with Crippen molar-refractivity contribution in [2.75, 3.05) is 0 Å². The van der Waals surface area contributed by atoms with Gasteiger partial charge in [0.25, 0.3) is 0 Å². The molecule has 0 fully saturated rings. The van der Waals surface area contributed by atoms with E-state index in [0.29, 0.717) is 17.5 Å². The van der Waals surface area contributed by atoms with Gasteiger partial charge in [0.15, 0.2) is 17.5 Å². The van der Waals surface area contributed by atoms with E-state index >= 15 is 0 Å². The SMILES string of the molecule is c1ccc2cc(-c3nc(-c4cccc5c4oc4ccccc45)nc(-c4cccc5c4oc4cc6ccccc6cc45)n3)ccc2c1. The number of fused-ring (bicyclic) bond motifs is 8. The van der Waals surface area contributed by atoms with E-state index in [9.17, 15) is 0 Å². The van der Waals surface area contributed by atoms with Crippen LogP contribution in [0.5, 0.6) is 0 Å². The Morgan fingerprint density at radius 1 is 0.348 bits per heavy atom. The van der Waals surface area contributed by atoms with Crippen molar-refractivity contribution >= 4 is 65.4 Å². The topological polar surface area (TPSA) is 65.0 Å². The van der Waals surface area contributed by atoms with Crippen molar-refractivity contribution in [3.8, 4) is 34.2 Å². The van der Waals surface area contributed by atoms with Gasteiger partial charge in [0.2, 0.25) is 0 Å². The second-order valence-corrected chi connectivity index (χ2v) is 11.6. The predicted octanol–water partition coefficient (Wildman–Crippen LogP) is 11.0. The Labute approximate surface area is 262 Å². The first-order valence-corrected chi connectivity index (χ1v) is 15.3. The Kier molecular flexibility index (Phi) is 5.22. The van der Waals surface area contributed by atoms with E-state index in [0.717, 1.165) is 76.7 Å². The summed E-state index contributed by atoms with van der Waals surface area (Å²) in [6.07, 6.45) is 0. The molecule has 0 atom stereocenters. The Balaban J connectivity index is 1.25. The fourth-order valence-corrected chi connectivity index (χ4v) is 6.66. The maximum atomic E-state index is 6.59. The van der Waals surface area contributed by atoms with Crippen LogP contribution in [0.4, 0.5) is 0 Å². The minimum atomic E-state index is 0.537. The summed E-state index contributed by atoms with van der Waals surface area (Å²) >= 11 is 0. The number of hydrogen-bond donors (Lipinski definition) is 0. The Bertz CT molecular complexity index is 2830. The number of benzene rings is 7. The van der Waals surface area contributed by atoms with Gasteiger partial charge in [-0.2, -0.15) is 0 Å². The lowest BCUT2D eigenvalue weighted by atomic mass is 10.0.